The number of hydrazone groups is 1. The van der Waals surface area contributed by atoms with Gasteiger partial charge in [0, 0.05) is 18.0 Å². The monoisotopic (exact) mass is 337 g/mol. The Morgan fingerprint density at radius 1 is 1.17 bits per heavy atom. The highest BCUT2D eigenvalue weighted by atomic mass is 19.4. The summed E-state index contributed by atoms with van der Waals surface area (Å²) < 4.78 is 40.5. The van der Waals surface area contributed by atoms with Crippen LogP contribution in [0, 0.1) is 0 Å². The number of halogens is 3. The van der Waals surface area contributed by atoms with Gasteiger partial charge in [0.2, 0.25) is 0 Å². The molecule has 0 bridgehead atoms. The number of pyridine rings is 1. The van der Waals surface area contributed by atoms with Crippen molar-refractivity contribution in [3.8, 4) is 0 Å². The standard InChI is InChI=1S/C16H14F3N3O2/c17-16(18,19)11-24-10-13-1-3-14(4-2-13)15(23)22-21-9-12-5-7-20-8-6-12/h1-9H,10-11H2,(H,22,23). The number of aromatic nitrogens is 1. The van der Waals surface area contributed by atoms with Crippen molar-refractivity contribution in [2.75, 3.05) is 6.61 Å². The van der Waals surface area contributed by atoms with Crippen LogP contribution in [0.25, 0.3) is 0 Å². The van der Waals surface area contributed by atoms with Crippen LogP contribution in [0.4, 0.5) is 13.2 Å². The lowest BCUT2D eigenvalue weighted by molar-refractivity contribution is -0.176. The maximum atomic E-state index is 12.0. The van der Waals surface area contributed by atoms with Crippen molar-refractivity contribution in [2.45, 2.75) is 12.8 Å². The van der Waals surface area contributed by atoms with Gasteiger partial charge in [-0.2, -0.15) is 18.3 Å². The Morgan fingerprint density at radius 3 is 2.46 bits per heavy atom. The third-order valence-electron chi connectivity index (χ3n) is 2.84. The largest absolute Gasteiger partial charge is 0.411 e. The van der Waals surface area contributed by atoms with Crippen molar-refractivity contribution >= 4 is 12.1 Å². The molecule has 0 unspecified atom stereocenters. The second-order valence-electron chi connectivity index (χ2n) is 4.78. The third kappa shape index (κ3) is 6.17. The number of benzene rings is 1. The smallest absolute Gasteiger partial charge is 0.367 e. The van der Waals surface area contributed by atoms with E-state index in [1.54, 1.807) is 24.5 Å². The topological polar surface area (TPSA) is 63.6 Å². The lowest BCUT2D eigenvalue weighted by Gasteiger charge is -2.08. The van der Waals surface area contributed by atoms with E-state index in [4.69, 9.17) is 0 Å². The molecule has 0 aliphatic heterocycles. The molecule has 0 aliphatic carbocycles. The highest BCUT2D eigenvalue weighted by molar-refractivity contribution is 5.94. The molecule has 0 saturated carbocycles. The average Bonchev–Trinajstić information content (AvgIpc) is 2.55. The normalized spacial score (nSPS) is 11.6. The van der Waals surface area contributed by atoms with E-state index in [-0.39, 0.29) is 6.61 Å². The van der Waals surface area contributed by atoms with Crippen LogP contribution in [0.2, 0.25) is 0 Å². The Balaban J connectivity index is 1.83. The van der Waals surface area contributed by atoms with E-state index in [1.165, 1.54) is 30.5 Å². The van der Waals surface area contributed by atoms with Gasteiger partial charge in [-0.05, 0) is 35.4 Å². The number of hydrogen-bond donors (Lipinski definition) is 1. The van der Waals surface area contributed by atoms with E-state index in [2.05, 4.69) is 20.2 Å². The molecule has 0 saturated heterocycles. The Bertz CT molecular complexity index is 686. The summed E-state index contributed by atoms with van der Waals surface area (Å²) in [6, 6.07) is 9.49. The van der Waals surface area contributed by atoms with Gasteiger partial charge in [0.25, 0.3) is 5.91 Å². The first kappa shape index (κ1) is 17.6. The van der Waals surface area contributed by atoms with Gasteiger partial charge >= 0.3 is 6.18 Å². The lowest BCUT2D eigenvalue weighted by atomic mass is 10.1. The number of hydrogen-bond acceptors (Lipinski definition) is 4. The van der Waals surface area contributed by atoms with Crippen molar-refractivity contribution < 1.29 is 22.7 Å². The first-order valence-electron chi connectivity index (χ1n) is 6.91. The number of amides is 1. The minimum absolute atomic E-state index is 0.179. The molecule has 126 valence electrons. The molecule has 1 aromatic carbocycles. The zero-order valence-corrected chi connectivity index (χ0v) is 12.5. The predicted molar refractivity (Wildman–Crippen MR) is 81.5 cm³/mol. The SMILES string of the molecule is O=C(NN=Cc1ccncc1)c1ccc(COCC(F)(F)F)cc1. The Labute approximate surface area is 136 Å². The number of nitrogens with one attached hydrogen (secondary N) is 1. The molecular weight excluding hydrogens is 323 g/mol. The number of carbonyl (C=O) groups excluding carboxylic acids is 1. The van der Waals surface area contributed by atoms with E-state index < -0.39 is 18.7 Å². The van der Waals surface area contributed by atoms with Crippen LogP contribution in [-0.4, -0.2) is 29.9 Å². The van der Waals surface area contributed by atoms with Crippen LogP contribution in [0.3, 0.4) is 0 Å². The summed E-state index contributed by atoms with van der Waals surface area (Å²) in [5, 5.41) is 3.81. The van der Waals surface area contributed by atoms with Gasteiger partial charge in [-0.3, -0.25) is 9.78 Å². The molecule has 0 fully saturated rings. The average molecular weight is 337 g/mol. The minimum atomic E-state index is -4.35. The van der Waals surface area contributed by atoms with Crippen molar-refractivity contribution in [3.63, 3.8) is 0 Å². The summed E-state index contributed by atoms with van der Waals surface area (Å²) in [5.74, 6) is -0.428. The highest BCUT2D eigenvalue weighted by Gasteiger charge is 2.27. The van der Waals surface area contributed by atoms with Crippen molar-refractivity contribution in [1.82, 2.24) is 10.4 Å². The van der Waals surface area contributed by atoms with Crippen LogP contribution >= 0.6 is 0 Å². The predicted octanol–water partition coefficient (Wildman–Crippen LogP) is 2.92. The molecule has 1 amide bonds. The first-order chi connectivity index (χ1) is 11.4. The third-order valence-corrected chi connectivity index (χ3v) is 2.84. The van der Waals surface area contributed by atoms with Crippen LogP contribution in [-0.2, 0) is 11.3 Å². The van der Waals surface area contributed by atoms with E-state index in [0.717, 1.165) is 5.56 Å². The maximum absolute atomic E-state index is 12.0. The Morgan fingerprint density at radius 2 is 1.83 bits per heavy atom. The Kier molecular flexibility index (Phi) is 6.02. The van der Waals surface area contributed by atoms with E-state index in [1.807, 2.05) is 0 Å². The fourth-order valence-corrected chi connectivity index (χ4v) is 1.72. The summed E-state index contributed by atoms with van der Waals surface area (Å²) in [5.41, 5.74) is 4.01. The lowest BCUT2D eigenvalue weighted by Crippen LogP contribution is -2.18. The van der Waals surface area contributed by atoms with E-state index >= 15 is 0 Å². The number of ether oxygens (including phenoxy) is 1. The molecule has 0 atom stereocenters. The maximum Gasteiger partial charge on any atom is 0.411 e. The summed E-state index contributed by atoms with van der Waals surface area (Å²) in [4.78, 5) is 15.7. The number of nitrogens with zero attached hydrogens (tertiary/aromatic N) is 2. The van der Waals surface area contributed by atoms with E-state index in [0.29, 0.717) is 11.1 Å². The molecule has 0 aliphatic rings. The number of rotatable bonds is 6. The van der Waals surface area contributed by atoms with Crippen molar-refractivity contribution in [2.24, 2.45) is 5.10 Å². The molecule has 8 heteroatoms. The molecule has 2 rings (SSSR count). The zero-order valence-electron chi connectivity index (χ0n) is 12.5. The molecule has 24 heavy (non-hydrogen) atoms. The Hall–Kier alpha value is -2.74. The zero-order chi connectivity index (χ0) is 17.4. The minimum Gasteiger partial charge on any atom is -0.367 e. The number of carbonyl (C=O) groups is 1. The summed E-state index contributed by atoms with van der Waals surface area (Å²) in [7, 11) is 0. The highest BCUT2D eigenvalue weighted by Crippen LogP contribution is 2.15. The molecule has 0 radical (unpaired) electrons. The van der Waals surface area contributed by atoms with Gasteiger partial charge < -0.3 is 4.74 Å². The van der Waals surface area contributed by atoms with Crippen LogP contribution in [0.1, 0.15) is 21.5 Å². The molecule has 5 nitrogen and oxygen atoms in total. The fourth-order valence-electron chi connectivity index (χ4n) is 1.72. The molecule has 0 spiro atoms. The second-order valence-corrected chi connectivity index (χ2v) is 4.78. The molecule has 1 N–H and O–H groups in total. The summed E-state index contributed by atoms with van der Waals surface area (Å²) >= 11 is 0. The summed E-state index contributed by atoms with van der Waals surface area (Å²) in [6.45, 7) is -1.49. The van der Waals surface area contributed by atoms with Crippen LogP contribution in [0.5, 0.6) is 0 Å². The second kappa shape index (κ2) is 8.21. The summed E-state index contributed by atoms with van der Waals surface area (Å²) in [6.07, 6.45) is 0.317. The van der Waals surface area contributed by atoms with Gasteiger partial charge in [0.1, 0.15) is 6.61 Å². The quantitative estimate of drug-likeness (QED) is 0.651. The molecule has 1 heterocycles. The van der Waals surface area contributed by atoms with Gasteiger partial charge in [0.15, 0.2) is 0 Å². The van der Waals surface area contributed by atoms with Crippen molar-refractivity contribution in [1.29, 1.82) is 0 Å². The van der Waals surface area contributed by atoms with Crippen LogP contribution in [0.15, 0.2) is 53.9 Å². The van der Waals surface area contributed by atoms with Gasteiger partial charge in [0.05, 0.1) is 12.8 Å². The molecule has 2 aromatic rings. The number of alkyl halides is 3. The molecule has 1 aromatic heterocycles. The van der Waals surface area contributed by atoms with Gasteiger partial charge in [-0.15, -0.1) is 0 Å². The van der Waals surface area contributed by atoms with Crippen molar-refractivity contribution in [3.05, 3.63) is 65.5 Å². The van der Waals surface area contributed by atoms with Gasteiger partial charge in [-0.1, -0.05) is 12.1 Å². The molecular formula is C16H14F3N3O2. The fraction of sp³-hybridized carbons (Fsp3) is 0.188. The first-order valence-corrected chi connectivity index (χ1v) is 6.91. The van der Waals surface area contributed by atoms with Crippen LogP contribution < -0.4 is 5.43 Å². The van der Waals surface area contributed by atoms with E-state index in [9.17, 15) is 18.0 Å². The van der Waals surface area contributed by atoms with Gasteiger partial charge in [-0.25, -0.2) is 5.43 Å².